The lowest BCUT2D eigenvalue weighted by Gasteiger charge is -2.20. The molecule has 1 saturated heterocycles. The summed E-state index contributed by atoms with van der Waals surface area (Å²) in [5, 5.41) is 0.292. The number of thiol groups is 1. The van der Waals surface area contributed by atoms with Crippen LogP contribution in [-0.2, 0) is 9.93 Å². The average molecular weight is 172 g/mol. The Labute approximate surface area is 69.6 Å². The van der Waals surface area contributed by atoms with Crippen molar-refractivity contribution in [2.45, 2.75) is 25.0 Å². The monoisotopic (exact) mass is 172 g/mol. The molecule has 0 aromatic carbocycles. The molecule has 0 aromatic rings. The van der Waals surface area contributed by atoms with Crippen LogP contribution in [0.5, 0.6) is 0 Å². The first-order valence-corrected chi connectivity index (χ1v) is 6.41. The van der Waals surface area contributed by atoms with Crippen LogP contribution in [0.2, 0.25) is 0 Å². The van der Waals surface area contributed by atoms with Gasteiger partial charge in [-0.2, -0.15) is 0 Å². The third-order valence-corrected chi connectivity index (χ3v) is 5.69. The summed E-state index contributed by atoms with van der Waals surface area (Å²) in [6.45, 7) is 5.57. The van der Waals surface area contributed by atoms with Crippen LogP contribution in [-0.4, -0.2) is 21.5 Å². The van der Waals surface area contributed by atoms with Gasteiger partial charge in [-0.1, -0.05) is 16.5 Å². The molecule has 0 bridgehead atoms. The molecule has 64 valence electrons. The SMILES string of the molecule is C=C=C(C)C1CCC[SH]1(C)=O. The van der Waals surface area contributed by atoms with Crippen LogP contribution in [0.4, 0.5) is 0 Å². The topological polar surface area (TPSA) is 17.1 Å². The van der Waals surface area contributed by atoms with Gasteiger partial charge in [0.15, 0.2) is 0 Å². The highest BCUT2D eigenvalue weighted by atomic mass is 32.2. The normalized spacial score (nSPS) is 30.9. The molecule has 1 nitrogen and oxygen atoms in total. The maximum absolute atomic E-state index is 11.9. The molecule has 0 N–H and O–H groups in total. The molecule has 1 atom stereocenters. The molecule has 0 amide bonds. The van der Waals surface area contributed by atoms with Gasteiger partial charge >= 0.3 is 0 Å². The Hall–Kier alpha value is -0.330. The van der Waals surface area contributed by atoms with E-state index < -0.39 is 9.93 Å². The molecule has 1 heterocycles. The van der Waals surface area contributed by atoms with Crippen molar-refractivity contribution < 1.29 is 4.21 Å². The molecule has 2 heteroatoms. The Morgan fingerprint density at radius 2 is 2.36 bits per heavy atom. The van der Waals surface area contributed by atoms with E-state index in [2.05, 4.69) is 12.3 Å². The fourth-order valence-corrected chi connectivity index (χ4v) is 4.53. The molecule has 0 saturated carbocycles. The van der Waals surface area contributed by atoms with Gasteiger partial charge in [-0.25, -0.2) is 0 Å². The van der Waals surface area contributed by atoms with E-state index in [0.717, 1.165) is 24.2 Å². The van der Waals surface area contributed by atoms with E-state index in [1.54, 1.807) is 0 Å². The Balaban J connectivity index is 2.90. The van der Waals surface area contributed by atoms with Gasteiger partial charge in [0.25, 0.3) is 0 Å². The van der Waals surface area contributed by atoms with Crippen molar-refractivity contribution in [3.05, 3.63) is 17.9 Å². The third kappa shape index (κ3) is 1.63. The molecular weight excluding hydrogens is 156 g/mol. The maximum Gasteiger partial charge on any atom is 0.0405 e. The van der Waals surface area contributed by atoms with Crippen LogP contribution in [0.1, 0.15) is 19.8 Å². The van der Waals surface area contributed by atoms with Crippen LogP contribution < -0.4 is 0 Å². The van der Waals surface area contributed by atoms with Crippen molar-refractivity contribution in [2.24, 2.45) is 0 Å². The van der Waals surface area contributed by atoms with Gasteiger partial charge in [-0.05, 0) is 31.6 Å². The van der Waals surface area contributed by atoms with Crippen LogP contribution in [0.15, 0.2) is 17.9 Å². The van der Waals surface area contributed by atoms with Crippen molar-refractivity contribution in [3.8, 4) is 0 Å². The van der Waals surface area contributed by atoms with E-state index in [1.165, 1.54) is 0 Å². The van der Waals surface area contributed by atoms with Crippen LogP contribution >= 0.6 is 0 Å². The summed E-state index contributed by atoms with van der Waals surface area (Å²) in [7, 11) is -1.87. The fourth-order valence-electron chi connectivity index (χ4n) is 1.77. The van der Waals surface area contributed by atoms with E-state index in [1.807, 2.05) is 13.2 Å². The van der Waals surface area contributed by atoms with Crippen molar-refractivity contribution in [1.82, 2.24) is 0 Å². The molecule has 0 spiro atoms. The first-order chi connectivity index (χ1) is 5.08. The van der Waals surface area contributed by atoms with E-state index in [4.69, 9.17) is 0 Å². The Morgan fingerprint density at radius 3 is 2.73 bits per heavy atom. The van der Waals surface area contributed by atoms with Gasteiger partial charge < -0.3 is 0 Å². The molecule has 0 radical (unpaired) electrons. The second kappa shape index (κ2) is 2.96. The molecule has 1 aliphatic rings. The van der Waals surface area contributed by atoms with Crippen molar-refractivity contribution in [3.63, 3.8) is 0 Å². The predicted octanol–water partition coefficient (Wildman–Crippen LogP) is 1.53. The Bertz CT molecular complexity index is 248. The molecule has 11 heavy (non-hydrogen) atoms. The molecular formula is C9H16OS. The summed E-state index contributed by atoms with van der Waals surface area (Å²) >= 11 is 0. The zero-order chi connectivity index (χ0) is 8.48. The highest BCUT2D eigenvalue weighted by Crippen LogP contribution is 2.29. The fraction of sp³-hybridized carbons (Fsp3) is 0.667. The van der Waals surface area contributed by atoms with Crippen LogP contribution in [0.3, 0.4) is 0 Å². The average Bonchev–Trinajstić information content (AvgIpc) is 2.28. The largest absolute Gasteiger partial charge is 0.284 e. The molecule has 0 aliphatic carbocycles. The summed E-state index contributed by atoms with van der Waals surface area (Å²) in [5.41, 5.74) is 3.95. The summed E-state index contributed by atoms with van der Waals surface area (Å²) in [5.74, 6) is 0.913. The zero-order valence-corrected chi connectivity index (χ0v) is 8.16. The van der Waals surface area contributed by atoms with Gasteiger partial charge in [0.1, 0.15) is 0 Å². The smallest absolute Gasteiger partial charge is 0.0405 e. The van der Waals surface area contributed by atoms with E-state index in [-0.39, 0.29) is 0 Å². The quantitative estimate of drug-likeness (QED) is 0.469. The Morgan fingerprint density at radius 1 is 1.73 bits per heavy atom. The predicted molar refractivity (Wildman–Crippen MR) is 51.7 cm³/mol. The highest BCUT2D eigenvalue weighted by molar-refractivity contribution is 8.03. The lowest BCUT2D eigenvalue weighted by molar-refractivity contribution is 0.673. The molecule has 0 aromatic heterocycles. The van der Waals surface area contributed by atoms with Crippen LogP contribution in [0.25, 0.3) is 0 Å². The number of hydrogen-bond donors (Lipinski definition) is 1. The van der Waals surface area contributed by atoms with Crippen LogP contribution in [0, 0.1) is 0 Å². The van der Waals surface area contributed by atoms with Crippen molar-refractivity contribution in [2.75, 3.05) is 12.0 Å². The molecule has 1 fully saturated rings. The van der Waals surface area contributed by atoms with Gasteiger partial charge in [-0.3, -0.25) is 4.21 Å². The van der Waals surface area contributed by atoms with Gasteiger partial charge in [0, 0.05) is 11.0 Å². The number of rotatable bonds is 1. The van der Waals surface area contributed by atoms with Crippen molar-refractivity contribution >= 4 is 9.93 Å². The standard InChI is InChI=1S/C9H16OS/c1-4-8(2)9-6-5-7-11(9,3)10/h9,11H,1,5-7H2,2-3H3. The highest BCUT2D eigenvalue weighted by Gasteiger charge is 2.29. The minimum atomic E-state index is -1.87. The van der Waals surface area contributed by atoms with Gasteiger partial charge in [-0.15, -0.1) is 5.73 Å². The first-order valence-electron chi connectivity index (χ1n) is 4.00. The maximum atomic E-state index is 11.9. The van der Waals surface area contributed by atoms with E-state index in [9.17, 15) is 4.21 Å². The minimum Gasteiger partial charge on any atom is -0.284 e. The summed E-state index contributed by atoms with van der Waals surface area (Å²) in [6.07, 6.45) is 4.09. The zero-order valence-electron chi connectivity index (χ0n) is 7.26. The summed E-state index contributed by atoms with van der Waals surface area (Å²) < 4.78 is 11.9. The van der Waals surface area contributed by atoms with E-state index in [0.29, 0.717) is 5.25 Å². The minimum absolute atomic E-state index is 0.292. The summed E-state index contributed by atoms with van der Waals surface area (Å²) in [4.78, 5) is 0. The Kier molecular flexibility index (Phi) is 2.36. The second-order valence-electron chi connectivity index (χ2n) is 3.42. The summed E-state index contributed by atoms with van der Waals surface area (Å²) in [6, 6.07) is 0. The van der Waals surface area contributed by atoms with E-state index >= 15 is 0 Å². The number of hydrogen-bond acceptors (Lipinski definition) is 1. The van der Waals surface area contributed by atoms with Crippen molar-refractivity contribution in [1.29, 1.82) is 0 Å². The van der Waals surface area contributed by atoms with Gasteiger partial charge in [0.05, 0.1) is 0 Å². The second-order valence-corrected chi connectivity index (χ2v) is 6.83. The molecule has 1 aliphatic heterocycles. The lowest BCUT2D eigenvalue weighted by Crippen LogP contribution is -2.23. The van der Waals surface area contributed by atoms with Gasteiger partial charge in [0.2, 0.25) is 0 Å². The molecule has 1 unspecified atom stereocenters. The third-order valence-electron chi connectivity index (χ3n) is 2.52. The lowest BCUT2D eigenvalue weighted by atomic mass is 10.1. The molecule has 1 rings (SSSR count). The first kappa shape index (κ1) is 8.76.